The molecule has 0 saturated heterocycles. The summed E-state index contributed by atoms with van der Waals surface area (Å²) in [5.74, 6) is -0.459. The Kier molecular flexibility index (Phi) is 3.09. The van der Waals surface area contributed by atoms with Gasteiger partial charge in [-0.15, -0.1) is 0 Å². The first-order valence-corrected chi connectivity index (χ1v) is 7.64. The number of benzene rings is 1. The molecule has 1 aromatic heterocycles. The summed E-state index contributed by atoms with van der Waals surface area (Å²) in [7, 11) is -3.83. The lowest BCUT2D eigenvalue weighted by molar-refractivity contribution is 0.0691. The number of aromatic nitrogens is 1. The lowest BCUT2D eigenvalue weighted by Crippen LogP contribution is -2.12. The molecule has 21 heavy (non-hydrogen) atoms. The van der Waals surface area contributed by atoms with E-state index in [1.54, 1.807) is 18.2 Å². The molecule has 0 aliphatic carbocycles. The van der Waals surface area contributed by atoms with Crippen LogP contribution in [0.1, 0.15) is 16.1 Å². The molecule has 3 N–H and O–H groups in total. The molecule has 0 unspecified atom stereocenters. The fourth-order valence-corrected chi connectivity index (χ4v) is 3.16. The second kappa shape index (κ2) is 4.81. The van der Waals surface area contributed by atoms with Crippen LogP contribution in [0, 0.1) is 0 Å². The largest absolute Gasteiger partial charge is 0.493 e. The monoisotopic (exact) mass is 308 g/mol. The highest BCUT2D eigenvalue weighted by molar-refractivity contribution is 7.92. The molecule has 0 fully saturated rings. The van der Waals surface area contributed by atoms with E-state index in [4.69, 9.17) is 9.84 Å². The number of carboxylic acid groups (broad SMARTS) is 1. The van der Waals surface area contributed by atoms with E-state index in [1.165, 1.54) is 0 Å². The van der Waals surface area contributed by atoms with Gasteiger partial charge in [0.15, 0.2) is 0 Å². The second-order valence-corrected chi connectivity index (χ2v) is 6.26. The van der Waals surface area contributed by atoms with Crippen molar-refractivity contribution < 1.29 is 23.1 Å². The number of hydrogen-bond acceptors (Lipinski definition) is 4. The number of fused-ring (bicyclic) bond motifs is 1. The first kappa shape index (κ1) is 13.5. The molecule has 0 saturated carbocycles. The molecule has 0 spiro atoms. The van der Waals surface area contributed by atoms with Gasteiger partial charge in [0, 0.05) is 18.3 Å². The third-order valence-corrected chi connectivity index (χ3v) is 4.50. The Morgan fingerprint density at radius 1 is 1.33 bits per heavy atom. The Balaban J connectivity index is 1.87. The van der Waals surface area contributed by atoms with Gasteiger partial charge in [-0.2, -0.15) is 0 Å². The molecule has 3 rings (SSSR count). The molecule has 1 aliphatic rings. The van der Waals surface area contributed by atoms with Crippen LogP contribution in [-0.2, 0) is 16.4 Å². The zero-order chi connectivity index (χ0) is 15.0. The van der Waals surface area contributed by atoms with Gasteiger partial charge in [0.1, 0.15) is 16.3 Å². The summed E-state index contributed by atoms with van der Waals surface area (Å²) < 4.78 is 32.1. The maximum atomic E-state index is 12.2. The molecule has 7 nitrogen and oxygen atoms in total. The van der Waals surface area contributed by atoms with Gasteiger partial charge in [0.25, 0.3) is 10.0 Å². The Labute approximate surface area is 120 Å². The van der Waals surface area contributed by atoms with Gasteiger partial charge < -0.3 is 14.8 Å². The maximum Gasteiger partial charge on any atom is 0.352 e. The number of aromatic amines is 1. The zero-order valence-corrected chi connectivity index (χ0v) is 11.6. The first-order chi connectivity index (χ1) is 9.95. The van der Waals surface area contributed by atoms with E-state index < -0.39 is 16.0 Å². The Morgan fingerprint density at radius 2 is 2.14 bits per heavy atom. The molecular formula is C13H12N2O5S. The molecule has 0 amide bonds. The van der Waals surface area contributed by atoms with E-state index in [1.807, 2.05) is 0 Å². The van der Waals surface area contributed by atoms with E-state index in [2.05, 4.69) is 9.71 Å². The van der Waals surface area contributed by atoms with Crippen LogP contribution in [0.25, 0.3) is 0 Å². The molecular weight excluding hydrogens is 296 g/mol. The SMILES string of the molecule is O=C(O)c1cc(S(=O)(=O)Nc2ccc3c(c2)CCO3)c[nH]1. The molecule has 0 bridgehead atoms. The van der Waals surface area contributed by atoms with Crippen LogP contribution in [-0.4, -0.2) is 31.1 Å². The summed E-state index contributed by atoms with van der Waals surface area (Å²) in [4.78, 5) is 13.0. The van der Waals surface area contributed by atoms with Crippen molar-refractivity contribution >= 4 is 21.7 Å². The third kappa shape index (κ3) is 2.57. The lowest BCUT2D eigenvalue weighted by Gasteiger charge is -2.07. The molecule has 2 aromatic rings. The van der Waals surface area contributed by atoms with Gasteiger partial charge in [-0.1, -0.05) is 0 Å². The lowest BCUT2D eigenvalue weighted by atomic mass is 10.1. The van der Waals surface area contributed by atoms with Crippen LogP contribution in [0.5, 0.6) is 5.75 Å². The van der Waals surface area contributed by atoms with Crippen LogP contribution < -0.4 is 9.46 Å². The Morgan fingerprint density at radius 3 is 2.86 bits per heavy atom. The molecule has 2 heterocycles. The average Bonchev–Trinajstić information content (AvgIpc) is 3.07. The summed E-state index contributed by atoms with van der Waals surface area (Å²) in [6, 6.07) is 6.10. The van der Waals surface area contributed by atoms with Gasteiger partial charge in [-0.3, -0.25) is 4.72 Å². The molecule has 0 atom stereocenters. The summed E-state index contributed by atoms with van der Waals surface area (Å²) in [6.07, 6.45) is 1.88. The summed E-state index contributed by atoms with van der Waals surface area (Å²) in [5.41, 5.74) is 1.17. The van der Waals surface area contributed by atoms with E-state index in [0.29, 0.717) is 12.3 Å². The van der Waals surface area contributed by atoms with E-state index in [0.717, 1.165) is 30.0 Å². The Bertz CT molecular complexity index is 810. The normalized spacial score (nSPS) is 13.5. The number of rotatable bonds is 4. The predicted octanol–water partition coefficient (Wildman–Crippen LogP) is 1.45. The summed E-state index contributed by atoms with van der Waals surface area (Å²) >= 11 is 0. The van der Waals surface area contributed by atoms with Crippen LogP contribution in [0.2, 0.25) is 0 Å². The average molecular weight is 308 g/mol. The quantitative estimate of drug-likeness (QED) is 0.792. The van der Waals surface area contributed by atoms with E-state index in [-0.39, 0.29) is 10.6 Å². The standard InChI is InChI=1S/C13H12N2O5S/c16-13(17)11-6-10(7-14-11)21(18,19)15-9-1-2-12-8(5-9)3-4-20-12/h1-2,5-7,14-15H,3-4H2,(H,16,17). The van der Waals surface area contributed by atoms with E-state index >= 15 is 0 Å². The van der Waals surface area contributed by atoms with Crippen LogP contribution >= 0.6 is 0 Å². The highest BCUT2D eigenvalue weighted by Gasteiger charge is 2.19. The smallest absolute Gasteiger partial charge is 0.352 e. The van der Waals surface area contributed by atoms with Crippen molar-refractivity contribution in [1.29, 1.82) is 0 Å². The van der Waals surface area contributed by atoms with Gasteiger partial charge in [0.2, 0.25) is 0 Å². The number of sulfonamides is 1. The van der Waals surface area contributed by atoms with Gasteiger partial charge >= 0.3 is 5.97 Å². The fourth-order valence-electron chi connectivity index (χ4n) is 2.12. The third-order valence-electron chi connectivity index (χ3n) is 3.14. The number of hydrogen-bond donors (Lipinski definition) is 3. The molecule has 8 heteroatoms. The number of carboxylic acids is 1. The number of ether oxygens (including phenoxy) is 1. The van der Waals surface area contributed by atoms with Crippen molar-refractivity contribution in [1.82, 2.24) is 4.98 Å². The van der Waals surface area contributed by atoms with Crippen LogP contribution in [0.4, 0.5) is 5.69 Å². The van der Waals surface area contributed by atoms with E-state index in [9.17, 15) is 13.2 Å². The summed E-state index contributed by atoms with van der Waals surface area (Å²) in [6.45, 7) is 0.589. The van der Waals surface area contributed by atoms with Crippen molar-refractivity contribution in [3.05, 3.63) is 41.7 Å². The number of carbonyl (C=O) groups is 1. The highest BCUT2D eigenvalue weighted by Crippen LogP contribution is 2.28. The van der Waals surface area contributed by atoms with Gasteiger partial charge in [-0.25, -0.2) is 13.2 Å². The fraction of sp³-hybridized carbons (Fsp3) is 0.154. The minimum Gasteiger partial charge on any atom is -0.493 e. The van der Waals surface area contributed by atoms with Crippen molar-refractivity contribution in [2.75, 3.05) is 11.3 Å². The van der Waals surface area contributed by atoms with Crippen molar-refractivity contribution in [3.63, 3.8) is 0 Å². The molecule has 110 valence electrons. The first-order valence-electron chi connectivity index (χ1n) is 6.16. The van der Waals surface area contributed by atoms with Crippen molar-refractivity contribution in [3.8, 4) is 5.75 Å². The molecule has 0 radical (unpaired) electrons. The van der Waals surface area contributed by atoms with Gasteiger partial charge in [-0.05, 0) is 29.8 Å². The predicted molar refractivity (Wildman–Crippen MR) is 74.2 cm³/mol. The maximum absolute atomic E-state index is 12.2. The number of nitrogens with one attached hydrogen (secondary N) is 2. The molecule has 1 aliphatic heterocycles. The summed E-state index contributed by atoms with van der Waals surface area (Å²) in [5, 5.41) is 8.80. The van der Waals surface area contributed by atoms with Crippen molar-refractivity contribution in [2.45, 2.75) is 11.3 Å². The number of aromatic carboxylic acids is 1. The number of H-pyrrole nitrogens is 1. The minimum atomic E-state index is -3.83. The topological polar surface area (TPSA) is 108 Å². The highest BCUT2D eigenvalue weighted by atomic mass is 32.2. The van der Waals surface area contributed by atoms with Crippen LogP contribution in [0.15, 0.2) is 35.4 Å². The van der Waals surface area contributed by atoms with Crippen molar-refractivity contribution in [2.24, 2.45) is 0 Å². The van der Waals surface area contributed by atoms with Gasteiger partial charge in [0.05, 0.1) is 6.61 Å². The molecule has 1 aromatic carbocycles. The Hall–Kier alpha value is -2.48. The van der Waals surface area contributed by atoms with Crippen LogP contribution in [0.3, 0.4) is 0 Å². The number of anilines is 1. The zero-order valence-electron chi connectivity index (χ0n) is 10.8. The minimum absolute atomic E-state index is 0.128. The second-order valence-electron chi connectivity index (χ2n) is 4.58.